The lowest BCUT2D eigenvalue weighted by Crippen LogP contribution is -2.45. The van der Waals surface area contributed by atoms with Crippen LogP contribution in [0, 0.1) is 12.7 Å². The molecule has 7 nitrogen and oxygen atoms in total. The lowest BCUT2D eigenvalue weighted by molar-refractivity contribution is -0.139. The normalized spacial score (nSPS) is 12.9. The summed E-state index contributed by atoms with van der Waals surface area (Å²) in [5, 5.41) is 13.9. The summed E-state index contributed by atoms with van der Waals surface area (Å²) in [4.78, 5) is 36.6. The minimum Gasteiger partial charge on any atom is -0.481 e. The fraction of sp³-hybridized carbons (Fsp3) is 0.192. The number of amides is 2. The summed E-state index contributed by atoms with van der Waals surface area (Å²) < 4.78 is 19.1. The van der Waals surface area contributed by atoms with E-state index in [4.69, 9.17) is 16.3 Å². The van der Waals surface area contributed by atoms with Crippen LogP contribution in [-0.4, -0.2) is 35.7 Å². The van der Waals surface area contributed by atoms with Crippen molar-refractivity contribution in [1.82, 2.24) is 5.32 Å². The highest BCUT2D eigenvalue weighted by Crippen LogP contribution is 2.44. The Labute approximate surface area is 205 Å². The Morgan fingerprint density at radius 3 is 2.26 bits per heavy atom. The van der Waals surface area contributed by atoms with Crippen molar-refractivity contribution in [1.29, 1.82) is 0 Å². The second-order valence-corrected chi connectivity index (χ2v) is 8.60. The smallest absolute Gasteiger partial charge is 0.407 e. The summed E-state index contributed by atoms with van der Waals surface area (Å²) in [5.74, 6) is -2.87. The number of alkyl carbamates (subject to hydrolysis) is 1. The number of carboxylic acids is 1. The van der Waals surface area contributed by atoms with Gasteiger partial charge in [0, 0.05) is 5.92 Å². The Morgan fingerprint density at radius 2 is 1.66 bits per heavy atom. The number of carboxylic acid groups (broad SMARTS) is 1. The van der Waals surface area contributed by atoms with Crippen LogP contribution in [0.2, 0.25) is 5.02 Å². The van der Waals surface area contributed by atoms with Crippen molar-refractivity contribution in [2.24, 2.45) is 0 Å². The molecule has 0 heterocycles. The van der Waals surface area contributed by atoms with Crippen molar-refractivity contribution in [3.05, 3.63) is 88.2 Å². The number of aryl methyl sites for hydroxylation is 1. The molecule has 3 aromatic carbocycles. The van der Waals surface area contributed by atoms with Crippen molar-refractivity contribution < 1.29 is 28.6 Å². The van der Waals surface area contributed by atoms with Gasteiger partial charge in [-0.2, -0.15) is 0 Å². The van der Waals surface area contributed by atoms with Crippen molar-refractivity contribution >= 4 is 35.3 Å². The number of rotatable bonds is 7. The second kappa shape index (κ2) is 10.1. The van der Waals surface area contributed by atoms with Crippen LogP contribution in [0.1, 0.15) is 29.0 Å². The standard InChI is InChI=1S/C26H22ClFN2O5/c1-14-10-22(20(27)11-21(14)28)29-25(33)23(12-24(31)32)30-26(34)35-13-19-17-8-4-2-6-15(17)16-7-3-5-9-18(16)19/h2-11,19,23H,12-13H2,1H3,(H,29,33)(H,30,34)(H,31,32). The molecule has 35 heavy (non-hydrogen) atoms. The molecule has 0 aromatic heterocycles. The highest BCUT2D eigenvalue weighted by Gasteiger charge is 2.30. The van der Waals surface area contributed by atoms with E-state index in [1.165, 1.54) is 13.0 Å². The van der Waals surface area contributed by atoms with Gasteiger partial charge in [-0.05, 0) is 46.9 Å². The number of fused-ring (bicyclic) bond motifs is 3. The van der Waals surface area contributed by atoms with Crippen LogP contribution in [0.4, 0.5) is 14.9 Å². The molecule has 0 spiro atoms. The van der Waals surface area contributed by atoms with Crippen LogP contribution < -0.4 is 10.6 Å². The highest BCUT2D eigenvalue weighted by molar-refractivity contribution is 6.33. The highest BCUT2D eigenvalue weighted by atomic mass is 35.5. The first kappa shape index (κ1) is 24.2. The Bertz CT molecular complexity index is 1270. The molecular weight excluding hydrogens is 475 g/mol. The summed E-state index contributed by atoms with van der Waals surface area (Å²) in [5.41, 5.74) is 4.49. The molecule has 1 aliphatic carbocycles. The minimum atomic E-state index is -1.44. The lowest BCUT2D eigenvalue weighted by Gasteiger charge is -2.19. The average Bonchev–Trinajstić information content (AvgIpc) is 3.14. The maximum absolute atomic E-state index is 13.6. The third-order valence-electron chi connectivity index (χ3n) is 5.84. The van der Waals surface area contributed by atoms with E-state index >= 15 is 0 Å². The van der Waals surface area contributed by atoms with E-state index in [0.29, 0.717) is 0 Å². The van der Waals surface area contributed by atoms with Crippen LogP contribution >= 0.6 is 11.6 Å². The quantitative estimate of drug-likeness (QED) is 0.421. The van der Waals surface area contributed by atoms with E-state index in [9.17, 15) is 23.9 Å². The zero-order valence-corrected chi connectivity index (χ0v) is 19.4. The first-order valence-electron chi connectivity index (χ1n) is 10.8. The number of nitrogens with one attached hydrogen (secondary N) is 2. The van der Waals surface area contributed by atoms with E-state index in [0.717, 1.165) is 28.3 Å². The molecule has 3 aromatic rings. The SMILES string of the molecule is Cc1cc(NC(=O)C(CC(=O)O)NC(=O)OCC2c3ccccc3-c3ccccc32)c(Cl)cc1F. The van der Waals surface area contributed by atoms with Gasteiger partial charge in [0.2, 0.25) is 5.91 Å². The topological polar surface area (TPSA) is 105 Å². The summed E-state index contributed by atoms with van der Waals surface area (Å²) in [6.45, 7) is 1.50. The number of halogens is 2. The molecule has 180 valence electrons. The van der Waals surface area contributed by atoms with E-state index in [2.05, 4.69) is 10.6 Å². The number of hydrogen-bond acceptors (Lipinski definition) is 4. The first-order chi connectivity index (χ1) is 16.7. The number of carbonyl (C=O) groups is 3. The molecule has 0 bridgehead atoms. The third-order valence-corrected chi connectivity index (χ3v) is 6.15. The lowest BCUT2D eigenvalue weighted by atomic mass is 9.98. The molecule has 3 N–H and O–H groups in total. The maximum atomic E-state index is 13.6. The molecule has 0 saturated heterocycles. The molecule has 0 aliphatic heterocycles. The van der Waals surface area contributed by atoms with Crippen LogP contribution in [0.3, 0.4) is 0 Å². The monoisotopic (exact) mass is 496 g/mol. The van der Waals surface area contributed by atoms with Crippen LogP contribution in [0.5, 0.6) is 0 Å². The zero-order valence-electron chi connectivity index (χ0n) is 18.7. The first-order valence-corrected chi connectivity index (χ1v) is 11.2. The molecule has 1 unspecified atom stereocenters. The molecule has 9 heteroatoms. The number of hydrogen-bond donors (Lipinski definition) is 3. The molecule has 0 fully saturated rings. The Balaban J connectivity index is 1.45. The third kappa shape index (κ3) is 5.27. The number of carbonyl (C=O) groups excluding carboxylic acids is 2. The molecule has 0 saturated carbocycles. The van der Waals surface area contributed by atoms with Crippen LogP contribution in [-0.2, 0) is 14.3 Å². The summed E-state index contributed by atoms with van der Waals surface area (Å²) in [7, 11) is 0. The zero-order chi connectivity index (χ0) is 25.1. The van der Waals surface area contributed by atoms with Gasteiger partial charge in [-0.1, -0.05) is 60.1 Å². The summed E-state index contributed by atoms with van der Waals surface area (Å²) >= 11 is 5.98. The van der Waals surface area contributed by atoms with Gasteiger partial charge in [0.25, 0.3) is 0 Å². The van der Waals surface area contributed by atoms with E-state index in [1.807, 2.05) is 48.5 Å². The summed E-state index contributed by atoms with van der Waals surface area (Å²) in [6.07, 6.45) is -1.62. The molecule has 1 atom stereocenters. The van der Waals surface area contributed by atoms with Crippen molar-refractivity contribution in [2.75, 3.05) is 11.9 Å². The van der Waals surface area contributed by atoms with Crippen molar-refractivity contribution in [3.63, 3.8) is 0 Å². The van der Waals surface area contributed by atoms with E-state index < -0.39 is 36.2 Å². The van der Waals surface area contributed by atoms with Gasteiger partial charge in [-0.3, -0.25) is 9.59 Å². The predicted octanol–water partition coefficient (Wildman–Crippen LogP) is 5.11. The predicted molar refractivity (Wildman–Crippen MR) is 129 cm³/mol. The van der Waals surface area contributed by atoms with Gasteiger partial charge in [0.1, 0.15) is 18.5 Å². The number of anilines is 1. The number of aliphatic carboxylic acids is 1. The number of benzene rings is 3. The Kier molecular flexibility index (Phi) is 7.02. The summed E-state index contributed by atoms with van der Waals surface area (Å²) in [6, 6.07) is 16.6. The van der Waals surface area contributed by atoms with Gasteiger partial charge in [-0.25, -0.2) is 9.18 Å². The molecule has 2 amide bonds. The van der Waals surface area contributed by atoms with E-state index in [-0.39, 0.29) is 28.8 Å². The Hall–Kier alpha value is -3.91. The van der Waals surface area contributed by atoms with Gasteiger partial charge < -0.3 is 20.5 Å². The molecular formula is C26H22ClFN2O5. The fourth-order valence-electron chi connectivity index (χ4n) is 4.14. The van der Waals surface area contributed by atoms with Crippen molar-refractivity contribution in [3.8, 4) is 11.1 Å². The minimum absolute atomic E-state index is 0.00422. The van der Waals surface area contributed by atoms with Crippen LogP contribution in [0.25, 0.3) is 11.1 Å². The molecule has 4 rings (SSSR count). The Morgan fingerprint density at radius 1 is 1.06 bits per heavy atom. The maximum Gasteiger partial charge on any atom is 0.407 e. The molecule has 0 radical (unpaired) electrons. The van der Waals surface area contributed by atoms with Gasteiger partial charge in [0.05, 0.1) is 17.1 Å². The van der Waals surface area contributed by atoms with E-state index in [1.54, 1.807) is 0 Å². The number of ether oxygens (including phenoxy) is 1. The van der Waals surface area contributed by atoms with Gasteiger partial charge >= 0.3 is 12.1 Å². The fourth-order valence-corrected chi connectivity index (χ4v) is 4.34. The van der Waals surface area contributed by atoms with Crippen LogP contribution in [0.15, 0.2) is 60.7 Å². The van der Waals surface area contributed by atoms with Gasteiger partial charge in [0.15, 0.2) is 0 Å². The van der Waals surface area contributed by atoms with Gasteiger partial charge in [-0.15, -0.1) is 0 Å². The molecule has 1 aliphatic rings. The largest absolute Gasteiger partial charge is 0.481 e. The second-order valence-electron chi connectivity index (χ2n) is 8.19. The van der Waals surface area contributed by atoms with Crippen molar-refractivity contribution in [2.45, 2.75) is 25.3 Å². The average molecular weight is 497 g/mol.